The first-order chi connectivity index (χ1) is 8.75. The highest BCUT2D eigenvalue weighted by molar-refractivity contribution is 6.34. The molecule has 0 radical (unpaired) electrons. The third kappa shape index (κ3) is 2.00. The summed E-state index contributed by atoms with van der Waals surface area (Å²) in [4.78, 5) is 9.93. The lowest BCUT2D eigenvalue weighted by atomic mass is 10.2. The Morgan fingerprint density at radius 1 is 1.22 bits per heavy atom. The molecule has 94 valence electrons. The molecule has 4 nitrogen and oxygen atoms in total. The van der Waals surface area contributed by atoms with Crippen molar-refractivity contribution < 1.29 is 9.13 Å². The molecule has 1 aliphatic rings. The number of rotatable bonds is 1. The van der Waals surface area contributed by atoms with E-state index in [-0.39, 0.29) is 16.4 Å². The fourth-order valence-corrected chi connectivity index (χ4v) is 2.33. The molecule has 1 aliphatic heterocycles. The van der Waals surface area contributed by atoms with Crippen molar-refractivity contribution >= 4 is 28.2 Å². The molecule has 6 heteroatoms. The topological polar surface area (TPSA) is 38.2 Å². The fraction of sp³-hybridized carbons (Fsp3) is 0.333. The van der Waals surface area contributed by atoms with E-state index in [9.17, 15) is 4.39 Å². The number of hydrogen-bond acceptors (Lipinski definition) is 4. The number of morpholine rings is 1. The first-order valence-corrected chi connectivity index (χ1v) is 6.06. The van der Waals surface area contributed by atoms with Gasteiger partial charge in [0.15, 0.2) is 0 Å². The van der Waals surface area contributed by atoms with E-state index >= 15 is 0 Å². The number of nitrogens with zero attached hydrogens (tertiary/aromatic N) is 3. The second-order valence-corrected chi connectivity index (χ2v) is 4.44. The Hall–Kier alpha value is -1.46. The summed E-state index contributed by atoms with van der Waals surface area (Å²) in [6.45, 7) is 2.82. The molecule has 0 atom stereocenters. The predicted octanol–water partition coefficient (Wildman–Crippen LogP) is 2.26. The molecule has 0 aliphatic carbocycles. The van der Waals surface area contributed by atoms with Crippen LogP contribution in [0.15, 0.2) is 18.5 Å². The third-order valence-electron chi connectivity index (χ3n) is 3.00. The van der Waals surface area contributed by atoms with E-state index in [2.05, 4.69) is 14.9 Å². The summed E-state index contributed by atoms with van der Waals surface area (Å²) in [6.07, 6.45) is 1.34. The highest BCUT2D eigenvalue weighted by Crippen LogP contribution is 2.28. The van der Waals surface area contributed by atoms with Crippen LogP contribution in [0.5, 0.6) is 0 Å². The smallest absolute Gasteiger partial charge is 0.143 e. The average molecular weight is 268 g/mol. The van der Waals surface area contributed by atoms with Crippen LogP contribution in [0.1, 0.15) is 0 Å². The Kier molecular flexibility index (Phi) is 3.01. The maximum atomic E-state index is 14.0. The van der Waals surface area contributed by atoms with Crippen LogP contribution in [0.4, 0.5) is 10.1 Å². The van der Waals surface area contributed by atoms with Gasteiger partial charge in [-0.15, -0.1) is 0 Å². The maximum Gasteiger partial charge on any atom is 0.143 e. The molecule has 1 aromatic carbocycles. The van der Waals surface area contributed by atoms with Gasteiger partial charge < -0.3 is 9.64 Å². The number of fused-ring (bicyclic) bond motifs is 1. The first kappa shape index (κ1) is 11.6. The second-order valence-electron chi connectivity index (χ2n) is 4.09. The summed E-state index contributed by atoms with van der Waals surface area (Å²) in [5.74, 6) is -0.389. The SMILES string of the molecule is Fc1cc(N2CCOCC2)cc2ncnc(Cl)c12. The van der Waals surface area contributed by atoms with Gasteiger partial charge in [-0.25, -0.2) is 14.4 Å². The molecule has 2 aromatic rings. The normalized spacial score (nSPS) is 16.2. The minimum atomic E-state index is -0.389. The molecule has 1 saturated heterocycles. The summed E-state index contributed by atoms with van der Waals surface area (Å²) in [7, 11) is 0. The van der Waals surface area contributed by atoms with E-state index in [1.165, 1.54) is 12.4 Å². The van der Waals surface area contributed by atoms with Gasteiger partial charge in [0.05, 0.1) is 24.1 Å². The van der Waals surface area contributed by atoms with Crippen LogP contribution in [0.2, 0.25) is 5.15 Å². The van der Waals surface area contributed by atoms with Crippen LogP contribution in [-0.2, 0) is 4.74 Å². The van der Waals surface area contributed by atoms with Crippen molar-refractivity contribution in [1.82, 2.24) is 9.97 Å². The molecule has 0 bridgehead atoms. The van der Waals surface area contributed by atoms with Crippen molar-refractivity contribution in [2.45, 2.75) is 0 Å². The monoisotopic (exact) mass is 267 g/mol. The van der Waals surface area contributed by atoms with E-state index in [4.69, 9.17) is 16.3 Å². The van der Waals surface area contributed by atoms with Crippen LogP contribution < -0.4 is 4.90 Å². The van der Waals surface area contributed by atoms with Gasteiger partial charge in [-0.2, -0.15) is 0 Å². The third-order valence-corrected chi connectivity index (χ3v) is 3.29. The second kappa shape index (κ2) is 4.66. The molecule has 0 spiro atoms. The minimum Gasteiger partial charge on any atom is -0.378 e. The van der Waals surface area contributed by atoms with Crippen molar-refractivity contribution in [3.05, 3.63) is 29.4 Å². The lowest BCUT2D eigenvalue weighted by molar-refractivity contribution is 0.122. The Morgan fingerprint density at radius 2 is 2.00 bits per heavy atom. The molecule has 1 fully saturated rings. The standard InChI is InChI=1S/C12H11ClFN3O/c13-12-11-9(14)5-8(6-10(11)15-7-16-12)17-1-3-18-4-2-17/h5-7H,1-4H2. The lowest BCUT2D eigenvalue weighted by Gasteiger charge is -2.29. The molecule has 0 unspecified atom stereocenters. The summed E-state index contributed by atoms with van der Waals surface area (Å²) in [6, 6.07) is 3.31. The van der Waals surface area contributed by atoms with Crippen LogP contribution in [0.3, 0.4) is 0 Å². The Balaban J connectivity index is 2.09. The van der Waals surface area contributed by atoms with Crippen LogP contribution in [0, 0.1) is 5.82 Å². The molecular weight excluding hydrogens is 257 g/mol. The summed E-state index contributed by atoms with van der Waals surface area (Å²) in [5, 5.41) is 0.419. The minimum absolute atomic E-state index is 0.144. The average Bonchev–Trinajstić information content (AvgIpc) is 2.39. The van der Waals surface area contributed by atoms with Crippen molar-refractivity contribution in [1.29, 1.82) is 0 Å². The van der Waals surface area contributed by atoms with Gasteiger partial charge in [-0.05, 0) is 12.1 Å². The Morgan fingerprint density at radius 3 is 2.78 bits per heavy atom. The van der Waals surface area contributed by atoms with Gasteiger partial charge >= 0.3 is 0 Å². The molecule has 3 rings (SSSR count). The van der Waals surface area contributed by atoms with Gasteiger partial charge in [0.2, 0.25) is 0 Å². The highest BCUT2D eigenvalue weighted by Gasteiger charge is 2.15. The molecule has 0 amide bonds. The molecule has 0 saturated carbocycles. The molecule has 0 N–H and O–H groups in total. The van der Waals surface area contributed by atoms with Crippen LogP contribution in [0.25, 0.3) is 10.9 Å². The van der Waals surface area contributed by atoms with Crippen molar-refractivity contribution in [2.75, 3.05) is 31.2 Å². The van der Waals surface area contributed by atoms with Gasteiger partial charge in [-0.1, -0.05) is 11.6 Å². The van der Waals surface area contributed by atoms with E-state index in [0.29, 0.717) is 18.7 Å². The summed E-state index contributed by atoms with van der Waals surface area (Å²) >= 11 is 5.88. The molecule has 1 aromatic heterocycles. The van der Waals surface area contributed by atoms with E-state index in [0.717, 1.165) is 18.8 Å². The fourth-order valence-electron chi connectivity index (χ4n) is 2.09. The Bertz CT molecular complexity index is 587. The van der Waals surface area contributed by atoms with Crippen molar-refractivity contribution in [3.63, 3.8) is 0 Å². The van der Waals surface area contributed by atoms with Crippen molar-refractivity contribution in [3.8, 4) is 0 Å². The zero-order chi connectivity index (χ0) is 12.5. The molecule has 2 heterocycles. The van der Waals surface area contributed by atoms with E-state index in [1.54, 1.807) is 0 Å². The first-order valence-electron chi connectivity index (χ1n) is 5.68. The van der Waals surface area contributed by atoms with Gasteiger partial charge in [0.25, 0.3) is 0 Å². The largest absolute Gasteiger partial charge is 0.378 e. The zero-order valence-corrected chi connectivity index (χ0v) is 10.3. The number of anilines is 1. The van der Waals surface area contributed by atoms with Crippen LogP contribution >= 0.6 is 11.6 Å². The van der Waals surface area contributed by atoms with Crippen molar-refractivity contribution in [2.24, 2.45) is 0 Å². The number of aromatic nitrogens is 2. The van der Waals surface area contributed by atoms with Crippen LogP contribution in [-0.4, -0.2) is 36.3 Å². The Labute approximate surface area is 108 Å². The summed E-state index contributed by atoms with van der Waals surface area (Å²) in [5.41, 5.74) is 1.33. The molecule has 18 heavy (non-hydrogen) atoms. The quantitative estimate of drug-likeness (QED) is 0.743. The highest BCUT2D eigenvalue weighted by atomic mass is 35.5. The summed E-state index contributed by atoms with van der Waals surface area (Å²) < 4.78 is 19.3. The number of halogens is 2. The molecular formula is C12H11ClFN3O. The number of hydrogen-bond donors (Lipinski definition) is 0. The van der Waals surface area contributed by atoms with Gasteiger partial charge in [0, 0.05) is 18.8 Å². The predicted molar refractivity (Wildman–Crippen MR) is 67.5 cm³/mol. The van der Waals surface area contributed by atoms with Gasteiger partial charge in [0.1, 0.15) is 17.3 Å². The lowest BCUT2D eigenvalue weighted by Crippen LogP contribution is -2.36. The maximum absolute atomic E-state index is 14.0. The number of benzene rings is 1. The van der Waals surface area contributed by atoms with E-state index in [1.807, 2.05) is 6.07 Å². The zero-order valence-electron chi connectivity index (χ0n) is 9.57. The van der Waals surface area contributed by atoms with E-state index < -0.39 is 0 Å². The van der Waals surface area contributed by atoms with Gasteiger partial charge in [-0.3, -0.25) is 0 Å². The number of ether oxygens (including phenoxy) is 1.